The Morgan fingerprint density at radius 1 is 1.40 bits per heavy atom. The molecule has 2 rings (SSSR count). The lowest BCUT2D eigenvalue weighted by Crippen LogP contribution is -2.21. The van der Waals surface area contributed by atoms with Gasteiger partial charge in [-0.25, -0.2) is 5.43 Å². The summed E-state index contributed by atoms with van der Waals surface area (Å²) >= 11 is 3.35. The fraction of sp³-hybridized carbons (Fsp3) is 0.333. The van der Waals surface area contributed by atoms with Crippen molar-refractivity contribution in [2.24, 2.45) is 19.2 Å². The average Bonchev–Trinajstić information content (AvgIpc) is 2.95. The summed E-state index contributed by atoms with van der Waals surface area (Å²) in [6, 6.07) is 1.83. The lowest BCUT2D eigenvalue weighted by molar-refractivity contribution is 0.0948. The maximum atomic E-state index is 12.0. The first-order chi connectivity index (χ1) is 9.41. The van der Waals surface area contributed by atoms with E-state index >= 15 is 0 Å². The van der Waals surface area contributed by atoms with E-state index in [0.29, 0.717) is 15.9 Å². The van der Waals surface area contributed by atoms with Crippen molar-refractivity contribution in [2.75, 3.05) is 0 Å². The summed E-state index contributed by atoms with van der Waals surface area (Å²) in [7, 11) is 3.59. The molecule has 1 amide bonds. The van der Waals surface area contributed by atoms with Crippen LogP contribution in [0.1, 0.15) is 28.8 Å². The molecule has 0 saturated heterocycles. The molecule has 2 heterocycles. The molecule has 0 aromatic carbocycles. The van der Waals surface area contributed by atoms with Gasteiger partial charge in [-0.15, -0.1) is 0 Å². The molecule has 0 saturated carbocycles. The number of carbonyl (C=O) groups is 1. The van der Waals surface area contributed by atoms with E-state index in [1.165, 1.54) is 0 Å². The Balaban J connectivity index is 2.16. The van der Waals surface area contributed by atoms with Crippen LogP contribution in [0, 0.1) is 6.92 Å². The van der Waals surface area contributed by atoms with E-state index in [9.17, 15) is 4.79 Å². The van der Waals surface area contributed by atoms with E-state index in [1.807, 2.05) is 20.0 Å². The van der Waals surface area contributed by atoms with Gasteiger partial charge in [-0.05, 0) is 35.8 Å². The van der Waals surface area contributed by atoms with Gasteiger partial charge in [-0.1, -0.05) is 0 Å². The summed E-state index contributed by atoms with van der Waals surface area (Å²) in [6.45, 7) is 3.67. The van der Waals surface area contributed by atoms with Crippen LogP contribution in [0.5, 0.6) is 0 Å². The molecule has 20 heavy (non-hydrogen) atoms. The first-order valence-electron chi connectivity index (χ1n) is 5.94. The van der Waals surface area contributed by atoms with Crippen molar-refractivity contribution in [1.29, 1.82) is 0 Å². The van der Waals surface area contributed by atoms with Gasteiger partial charge in [0.05, 0.1) is 21.6 Å². The molecule has 0 radical (unpaired) electrons. The highest BCUT2D eigenvalue weighted by Gasteiger charge is 2.17. The Bertz CT molecular complexity index is 684. The topological polar surface area (TPSA) is 77.1 Å². The number of nitrogens with one attached hydrogen (secondary N) is 1. The van der Waals surface area contributed by atoms with Crippen molar-refractivity contribution in [3.8, 4) is 0 Å². The molecule has 0 bridgehead atoms. The third kappa shape index (κ3) is 2.64. The number of hydrogen-bond acceptors (Lipinski definition) is 4. The van der Waals surface area contributed by atoms with Gasteiger partial charge in [-0.2, -0.15) is 15.3 Å². The quantitative estimate of drug-likeness (QED) is 0.678. The van der Waals surface area contributed by atoms with Crippen LogP contribution in [0.15, 0.2) is 21.8 Å². The van der Waals surface area contributed by atoms with Crippen LogP contribution in [0.3, 0.4) is 0 Å². The number of aryl methyl sites for hydroxylation is 2. The molecule has 106 valence electrons. The summed E-state index contributed by atoms with van der Waals surface area (Å²) in [4.78, 5) is 12.0. The number of hydrogen-bond donors (Lipinski definition) is 1. The molecule has 8 heteroatoms. The molecule has 1 N–H and O–H groups in total. The zero-order valence-corrected chi connectivity index (χ0v) is 13.3. The Labute approximate surface area is 124 Å². The molecule has 2 aromatic heterocycles. The van der Waals surface area contributed by atoms with Crippen LogP contribution >= 0.6 is 15.9 Å². The second-order valence-corrected chi connectivity index (χ2v) is 5.14. The van der Waals surface area contributed by atoms with Crippen molar-refractivity contribution in [3.63, 3.8) is 0 Å². The van der Waals surface area contributed by atoms with E-state index in [4.69, 9.17) is 0 Å². The zero-order valence-electron chi connectivity index (χ0n) is 11.7. The highest BCUT2D eigenvalue weighted by atomic mass is 79.9. The van der Waals surface area contributed by atoms with Crippen LogP contribution in [0.2, 0.25) is 0 Å². The molecule has 0 aliphatic carbocycles. The molecule has 7 nitrogen and oxygen atoms in total. The molecular weight excluding hydrogens is 324 g/mol. The number of carbonyl (C=O) groups excluding carboxylic acids is 1. The van der Waals surface area contributed by atoms with Crippen LogP contribution in [-0.2, 0) is 14.1 Å². The lowest BCUT2D eigenvalue weighted by atomic mass is 10.3. The fourth-order valence-corrected chi connectivity index (χ4v) is 2.22. The molecule has 0 aliphatic rings. The molecule has 0 fully saturated rings. The second kappa shape index (κ2) is 5.58. The Kier molecular flexibility index (Phi) is 4.03. The van der Waals surface area contributed by atoms with Gasteiger partial charge in [0, 0.05) is 20.3 Å². The highest BCUT2D eigenvalue weighted by Crippen LogP contribution is 2.19. The first-order valence-corrected chi connectivity index (χ1v) is 6.73. The Morgan fingerprint density at radius 2 is 2.10 bits per heavy atom. The van der Waals surface area contributed by atoms with Gasteiger partial charge in [0.2, 0.25) is 0 Å². The van der Waals surface area contributed by atoms with E-state index in [1.54, 1.807) is 29.5 Å². The number of aromatic nitrogens is 4. The van der Waals surface area contributed by atoms with Gasteiger partial charge < -0.3 is 0 Å². The minimum atomic E-state index is -0.359. The van der Waals surface area contributed by atoms with Crippen molar-refractivity contribution in [1.82, 2.24) is 25.0 Å². The van der Waals surface area contributed by atoms with Crippen molar-refractivity contribution in [3.05, 3.63) is 33.8 Å². The number of nitrogens with zero attached hydrogens (tertiary/aromatic N) is 5. The minimum Gasteiger partial charge on any atom is -0.271 e. The molecule has 0 spiro atoms. The predicted molar refractivity (Wildman–Crippen MR) is 78.5 cm³/mol. The highest BCUT2D eigenvalue weighted by molar-refractivity contribution is 9.10. The second-order valence-electron chi connectivity index (χ2n) is 4.35. The van der Waals surface area contributed by atoms with Gasteiger partial charge in [0.15, 0.2) is 5.69 Å². The van der Waals surface area contributed by atoms with Crippen molar-refractivity contribution in [2.45, 2.75) is 13.8 Å². The summed E-state index contributed by atoms with van der Waals surface area (Å²) in [5.41, 5.74) is 5.19. The average molecular weight is 339 g/mol. The van der Waals surface area contributed by atoms with Gasteiger partial charge in [-0.3, -0.25) is 14.2 Å². The monoisotopic (exact) mass is 338 g/mol. The molecule has 2 aromatic rings. The normalized spacial score (nSPS) is 11.8. The maximum absolute atomic E-state index is 12.0. The Morgan fingerprint density at radius 3 is 2.60 bits per heavy atom. The predicted octanol–water partition coefficient (Wildman–Crippen LogP) is 1.38. The van der Waals surface area contributed by atoms with Crippen LogP contribution in [-0.4, -0.2) is 31.2 Å². The summed E-state index contributed by atoms with van der Waals surface area (Å²) < 4.78 is 3.99. The van der Waals surface area contributed by atoms with E-state index < -0.39 is 0 Å². The SMILES string of the molecule is C/C(=N\NC(=O)c1nn(C)c(C)c1Br)c1ccnn1C. The van der Waals surface area contributed by atoms with Gasteiger partial charge >= 0.3 is 0 Å². The van der Waals surface area contributed by atoms with E-state index in [0.717, 1.165) is 11.4 Å². The fourth-order valence-electron chi connectivity index (χ4n) is 1.70. The molecule has 0 atom stereocenters. The number of rotatable bonds is 3. The number of hydrazone groups is 1. The Hall–Kier alpha value is -1.96. The summed E-state index contributed by atoms with van der Waals surface area (Å²) in [5, 5.41) is 12.3. The minimum absolute atomic E-state index is 0.312. The smallest absolute Gasteiger partial charge is 0.271 e. The van der Waals surface area contributed by atoms with Crippen LogP contribution in [0.25, 0.3) is 0 Å². The van der Waals surface area contributed by atoms with Crippen molar-refractivity contribution < 1.29 is 4.79 Å². The first kappa shape index (κ1) is 14.4. The number of amides is 1. The summed E-state index contributed by atoms with van der Waals surface area (Å²) in [5.74, 6) is -0.359. The van der Waals surface area contributed by atoms with E-state index in [2.05, 4.69) is 36.7 Å². The maximum Gasteiger partial charge on any atom is 0.293 e. The molecule has 0 aliphatic heterocycles. The lowest BCUT2D eigenvalue weighted by Gasteiger charge is -2.02. The largest absolute Gasteiger partial charge is 0.293 e. The van der Waals surface area contributed by atoms with Crippen LogP contribution < -0.4 is 5.43 Å². The van der Waals surface area contributed by atoms with Crippen LogP contribution in [0.4, 0.5) is 0 Å². The van der Waals surface area contributed by atoms with Gasteiger partial charge in [0.25, 0.3) is 5.91 Å². The molecule has 0 unspecified atom stereocenters. The number of halogens is 1. The third-order valence-electron chi connectivity index (χ3n) is 2.99. The molecular formula is C12H15BrN6O. The standard InChI is InChI=1S/C12H15BrN6O/c1-7(9-5-6-14-19(9)4)15-16-12(20)11-10(13)8(2)18(3)17-11/h5-6H,1-4H3,(H,16,20)/b15-7+. The third-order valence-corrected chi connectivity index (χ3v) is 3.94. The van der Waals surface area contributed by atoms with Crippen molar-refractivity contribution >= 4 is 27.5 Å². The summed E-state index contributed by atoms with van der Waals surface area (Å²) in [6.07, 6.45) is 1.68. The zero-order chi connectivity index (χ0) is 14.9. The van der Waals surface area contributed by atoms with E-state index in [-0.39, 0.29) is 5.91 Å². The van der Waals surface area contributed by atoms with Gasteiger partial charge in [0.1, 0.15) is 0 Å².